The van der Waals surface area contributed by atoms with Crippen LogP contribution in [0.25, 0.3) is 0 Å². The predicted molar refractivity (Wildman–Crippen MR) is 61.8 cm³/mol. The summed E-state index contributed by atoms with van der Waals surface area (Å²) in [6.07, 6.45) is 0.143. The highest BCUT2D eigenvalue weighted by Gasteiger charge is 2.54. The van der Waals surface area contributed by atoms with Crippen molar-refractivity contribution in [1.82, 2.24) is 0 Å². The maximum Gasteiger partial charge on any atom is 0.501 e. The first-order valence-electron chi connectivity index (χ1n) is 5.60. The van der Waals surface area contributed by atoms with Crippen LogP contribution in [0.15, 0.2) is 10.5 Å². The molecule has 0 aromatic rings. The summed E-state index contributed by atoms with van der Waals surface area (Å²) in [4.78, 5) is 10.0. The highest BCUT2D eigenvalue weighted by molar-refractivity contribution is 7.96. The second-order valence-corrected chi connectivity index (χ2v) is 7.22. The van der Waals surface area contributed by atoms with Gasteiger partial charge in [-0.15, -0.1) is 0 Å². The van der Waals surface area contributed by atoms with Gasteiger partial charge in [0.1, 0.15) is 0 Å². The zero-order valence-corrected chi connectivity index (χ0v) is 11.5. The third-order valence-electron chi connectivity index (χ3n) is 3.73. The Balaban J connectivity index is 3.60. The molecule has 1 aliphatic carbocycles. The van der Waals surface area contributed by atoms with Crippen LogP contribution >= 0.6 is 0 Å². The van der Waals surface area contributed by atoms with Crippen LogP contribution in [0.4, 0.5) is 13.2 Å². The number of sulfone groups is 1. The monoisotopic (exact) mass is 300 g/mol. The zero-order chi connectivity index (χ0) is 15.2. The largest absolute Gasteiger partial charge is 0.501 e. The Hall–Kier alpha value is -1.05. The Morgan fingerprint density at radius 1 is 1.37 bits per heavy atom. The number of carboxylic acids is 1. The van der Waals surface area contributed by atoms with E-state index < -0.39 is 43.1 Å². The lowest BCUT2D eigenvalue weighted by molar-refractivity contribution is -0.133. The van der Waals surface area contributed by atoms with Gasteiger partial charge in [0.2, 0.25) is 0 Å². The lowest BCUT2D eigenvalue weighted by Crippen LogP contribution is -2.37. The van der Waals surface area contributed by atoms with Crippen LogP contribution in [0.3, 0.4) is 0 Å². The van der Waals surface area contributed by atoms with Crippen molar-refractivity contribution in [3.05, 3.63) is 10.5 Å². The van der Waals surface area contributed by atoms with Gasteiger partial charge >= 0.3 is 11.5 Å². The first-order chi connectivity index (χ1) is 8.32. The summed E-state index contributed by atoms with van der Waals surface area (Å²) in [5, 5.41) is 8.94. The van der Waals surface area contributed by atoms with Gasteiger partial charge in [-0.1, -0.05) is 20.8 Å². The lowest BCUT2D eigenvalue weighted by Gasteiger charge is -2.38. The molecule has 0 amide bonds. The molecule has 1 aliphatic rings. The summed E-state index contributed by atoms with van der Waals surface area (Å²) < 4.78 is 61.1. The van der Waals surface area contributed by atoms with Crippen molar-refractivity contribution >= 4 is 15.8 Å². The van der Waals surface area contributed by atoms with Gasteiger partial charge in [0.15, 0.2) is 0 Å². The Kier molecular flexibility index (Phi) is 3.79. The first-order valence-corrected chi connectivity index (χ1v) is 7.08. The van der Waals surface area contributed by atoms with Crippen molar-refractivity contribution < 1.29 is 31.5 Å². The smallest absolute Gasteiger partial charge is 0.478 e. The number of alkyl halides is 3. The van der Waals surface area contributed by atoms with Gasteiger partial charge in [0, 0.05) is 0 Å². The summed E-state index contributed by atoms with van der Waals surface area (Å²) in [6, 6.07) is 0. The minimum absolute atomic E-state index is 0.183. The Morgan fingerprint density at radius 2 is 1.84 bits per heavy atom. The normalized spacial score (nSPS) is 24.4. The van der Waals surface area contributed by atoms with E-state index in [0.29, 0.717) is 6.42 Å². The molecule has 1 unspecified atom stereocenters. The average Bonchev–Trinajstić information content (AvgIpc) is 2.19. The number of hydrogen-bond acceptors (Lipinski definition) is 3. The molecular weight excluding hydrogens is 285 g/mol. The van der Waals surface area contributed by atoms with Crippen LogP contribution in [0.5, 0.6) is 0 Å². The second-order valence-electron chi connectivity index (χ2n) is 5.31. The standard InChI is InChI=1S/C11H15F3O4S/c1-6-8(19(17,18)11(12,13)14)7(9(15)16)4-5-10(6,2)3/h6H,4-5H2,1-3H3,(H,15,16). The number of aliphatic carboxylic acids is 1. The van der Waals surface area contributed by atoms with E-state index in [1.165, 1.54) is 6.92 Å². The quantitative estimate of drug-likeness (QED) is 0.851. The molecule has 1 atom stereocenters. The molecule has 1 rings (SSSR count). The van der Waals surface area contributed by atoms with E-state index in [9.17, 15) is 26.4 Å². The van der Waals surface area contributed by atoms with Crippen molar-refractivity contribution in [2.45, 2.75) is 39.1 Å². The minimum atomic E-state index is -5.62. The Labute approximate surface area is 109 Å². The van der Waals surface area contributed by atoms with Gasteiger partial charge in [-0.3, -0.25) is 0 Å². The summed E-state index contributed by atoms with van der Waals surface area (Å²) in [6.45, 7) is 4.57. The van der Waals surface area contributed by atoms with E-state index in [1.807, 2.05) is 0 Å². The fraction of sp³-hybridized carbons (Fsp3) is 0.727. The highest BCUT2D eigenvalue weighted by atomic mass is 32.2. The number of allylic oxidation sites excluding steroid dienone is 1. The summed E-state index contributed by atoms with van der Waals surface area (Å²) in [7, 11) is -5.62. The third kappa shape index (κ3) is 2.63. The molecule has 0 aromatic heterocycles. The minimum Gasteiger partial charge on any atom is -0.478 e. The molecule has 0 spiro atoms. The van der Waals surface area contributed by atoms with Crippen molar-refractivity contribution in [1.29, 1.82) is 0 Å². The van der Waals surface area contributed by atoms with Gasteiger partial charge < -0.3 is 5.11 Å². The van der Waals surface area contributed by atoms with Crippen LogP contribution in [-0.4, -0.2) is 25.0 Å². The van der Waals surface area contributed by atoms with Crippen molar-refractivity contribution in [2.75, 3.05) is 0 Å². The molecule has 1 N–H and O–H groups in total. The van der Waals surface area contributed by atoms with Gasteiger partial charge in [0.25, 0.3) is 9.84 Å². The van der Waals surface area contributed by atoms with Crippen LogP contribution in [0.1, 0.15) is 33.6 Å². The molecule has 19 heavy (non-hydrogen) atoms. The summed E-state index contributed by atoms with van der Waals surface area (Å²) in [5.74, 6) is -2.61. The predicted octanol–water partition coefficient (Wildman–Crippen LogP) is 2.72. The van der Waals surface area contributed by atoms with E-state index in [-0.39, 0.29) is 6.42 Å². The molecule has 0 fully saturated rings. The number of carbonyl (C=O) groups is 1. The molecule has 4 nitrogen and oxygen atoms in total. The molecule has 0 saturated carbocycles. The summed E-state index contributed by atoms with van der Waals surface area (Å²) >= 11 is 0. The van der Waals surface area contributed by atoms with Crippen LogP contribution in [0.2, 0.25) is 0 Å². The topological polar surface area (TPSA) is 71.4 Å². The maximum absolute atomic E-state index is 12.7. The van der Waals surface area contributed by atoms with Gasteiger partial charge in [-0.2, -0.15) is 13.2 Å². The molecule has 0 aliphatic heterocycles. The van der Waals surface area contributed by atoms with Crippen molar-refractivity contribution in [3.8, 4) is 0 Å². The van der Waals surface area contributed by atoms with Crippen LogP contribution in [-0.2, 0) is 14.6 Å². The first kappa shape index (κ1) is 16.0. The lowest BCUT2D eigenvalue weighted by atomic mass is 9.71. The molecule has 0 bridgehead atoms. The van der Waals surface area contributed by atoms with E-state index in [0.717, 1.165) is 0 Å². The molecule has 0 heterocycles. The highest BCUT2D eigenvalue weighted by Crippen LogP contribution is 2.48. The summed E-state index contributed by atoms with van der Waals surface area (Å²) in [5.41, 5.74) is -6.83. The van der Waals surface area contributed by atoms with E-state index >= 15 is 0 Å². The number of hydrogen-bond donors (Lipinski definition) is 1. The zero-order valence-electron chi connectivity index (χ0n) is 10.7. The molecule has 8 heteroatoms. The van der Waals surface area contributed by atoms with Crippen LogP contribution < -0.4 is 0 Å². The van der Waals surface area contributed by atoms with Gasteiger partial charge in [-0.25, -0.2) is 13.2 Å². The second kappa shape index (κ2) is 4.50. The molecule has 0 aromatic carbocycles. The Bertz CT molecular complexity index is 529. The number of rotatable bonds is 2. The SMILES string of the molecule is CC1C(S(=O)(=O)C(F)(F)F)=C(C(=O)O)CCC1(C)C. The molecule has 0 saturated heterocycles. The van der Waals surface area contributed by atoms with Crippen LogP contribution in [0, 0.1) is 11.3 Å². The van der Waals surface area contributed by atoms with Crippen molar-refractivity contribution in [3.63, 3.8) is 0 Å². The van der Waals surface area contributed by atoms with E-state index in [1.54, 1.807) is 13.8 Å². The number of halogens is 3. The molecule has 110 valence electrons. The fourth-order valence-corrected chi connectivity index (χ4v) is 3.68. The number of carboxylic acid groups (broad SMARTS) is 1. The molecular formula is C11H15F3O4S. The maximum atomic E-state index is 12.7. The van der Waals surface area contributed by atoms with Crippen molar-refractivity contribution in [2.24, 2.45) is 11.3 Å². The van der Waals surface area contributed by atoms with E-state index in [4.69, 9.17) is 5.11 Å². The van der Waals surface area contributed by atoms with E-state index in [2.05, 4.69) is 0 Å². The average molecular weight is 300 g/mol. The fourth-order valence-electron chi connectivity index (χ4n) is 2.14. The van der Waals surface area contributed by atoms with Gasteiger partial charge in [-0.05, 0) is 24.2 Å². The molecule has 0 radical (unpaired) electrons. The van der Waals surface area contributed by atoms with Gasteiger partial charge in [0.05, 0.1) is 10.5 Å². The third-order valence-corrected chi connectivity index (χ3v) is 5.52. The Morgan fingerprint density at radius 3 is 2.21 bits per heavy atom.